The molecule has 1 N–H and O–H groups in total. The zero-order chi connectivity index (χ0) is 22.0. The molecule has 2 aromatic carbocycles. The molecule has 0 saturated carbocycles. The van der Waals surface area contributed by atoms with Crippen molar-refractivity contribution in [2.24, 2.45) is 5.92 Å². The van der Waals surface area contributed by atoms with Gasteiger partial charge in [-0.05, 0) is 62.1 Å². The van der Waals surface area contributed by atoms with Crippen LogP contribution in [0.25, 0.3) is 0 Å². The highest BCUT2D eigenvalue weighted by Gasteiger charge is 2.33. The predicted molar refractivity (Wildman–Crippen MR) is 122 cm³/mol. The molecule has 0 aliphatic carbocycles. The largest absolute Gasteiger partial charge is 0.487 e. The number of hydrogen-bond donors (Lipinski definition) is 1. The lowest BCUT2D eigenvalue weighted by Crippen LogP contribution is -2.52. The van der Waals surface area contributed by atoms with Gasteiger partial charge in [0.15, 0.2) is 0 Å². The van der Waals surface area contributed by atoms with Crippen LogP contribution in [0.3, 0.4) is 0 Å². The molecule has 7 heteroatoms. The van der Waals surface area contributed by atoms with E-state index < -0.39 is 0 Å². The first-order valence-electron chi connectivity index (χ1n) is 10.8. The smallest absolute Gasteiger partial charge is 0.324 e. The lowest BCUT2D eigenvalue weighted by molar-refractivity contribution is -0.126. The van der Waals surface area contributed by atoms with Crippen molar-refractivity contribution in [2.75, 3.05) is 24.5 Å². The van der Waals surface area contributed by atoms with Gasteiger partial charge in [-0.3, -0.25) is 9.69 Å². The number of rotatable bonds is 3. The topological polar surface area (TPSA) is 61.9 Å². The highest BCUT2D eigenvalue weighted by molar-refractivity contribution is 6.30. The molecule has 0 spiro atoms. The predicted octanol–water partition coefficient (Wildman–Crippen LogP) is 4.38. The van der Waals surface area contributed by atoms with Crippen LogP contribution in [0.1, 0.15) is 30.9 Å². The molecule has 1 saturated heterocycles. The molecule has 1 unspecified atom stereocenters. The third-order valence-electron chi connectivity index (χ3n) is 5.92. The average molecular weight is 442 g/mol. The highest BCUT2D eigenvalue weighted by atomic mass is 35.5. The fraction of sp³-hybridized carbons (Fsp3) is 0.417. The van der Waals surface area contributed by atoms with Gasteiger partial charge in [0.05, 0.1) is 12.2 Å². The summed E-state index contributed by atoms with van der Waals surface area (Å²) in [7, 11) is 0. The number of ether oxygens (including phenoxy) is 1. The maximum atomic E-state index is 13.3. The number of aryl methyl sites for hydroxylation is 1. The van der Waals surface area contributed by atoms with Gasteiger partial charge < -0.3 is 15.0 Å². The van der Waals surface area contributed by atoms with Crippen molar-refractivity contribution in [3.05, 3.63) is 58.6 Å². The van der Waals surface area contributed by atoms with E-state index in [9.17, 15) is 9.59 Å². The fourth-order valence-electron chi connectivity index (χ4n) is 4.17. The minimum atomic E-state index is -0.0745. The second-order valence-electron chi connectivity index (χ2n) is 8.40. The lowest BCUT2D eigenvalue weighted by atomic mass is 9.96. The van der Waals surface area contributed by atoms with E-state index >= 15 is 0 Å². The van der Waals surface area contributed by atoms with Gasteiger partial charge in [-0.2, -0.15) is 0 Å². The number of fused-ring (bicyclic) bond motifs is 1. The van der Waals surface area contributed by atoms with Crippen LogP contribution < -0.4 is 15.0 Å². The van der Waals surface area contributed by atoms with E-state index in [0.29, 0.717) is 44.0 Å². The van der Waals surface area contributed by atoms with E-state index in [-0.39, 0.29) is 24.0 Å². The van der Waals surface area contributed by atoms with Gasteiger partial charge in [0.25, 0.3) is 0 Å². The summed E-state index contributed by atoms with van der Waals surface area (Å²) in [5.74, 6) is 0.715. The minimum Gasteiger partial charge on any atom is -0.487 e. The molecular formula is C24H28ClN3O3. The Morgan fingerprint density at radius 2 is 1.84 bits per heavy atom. The first kappa shape index (κ1) is 21.5. The van der Waals surface area contributed by atoms with Crippen molar-refractivity contribution in [2.45, 2.75) is 39.3 Å². The Kier molecular flexibility index (Phi) is 6.37. The number of amides is 3. The van der Waals surface area contributed by atoms with Crippen molar-refractivity contribution in [3.63, 3.8) is 0 Å². The number of benzene rings is 2. The molecule has 2 heterocycles. The first-order valence-corrected chi connectivity index (χ1v) is 11.1. The number of carbonyl (C=O) groups excluding carboxylic acids is 2. The van der Waals surface area contributed by atoms with Crippen molar-refractivity contribution in [1.29, 1.82) is 0 Å². The van der Waals surface area contributed by atoms with Crippen LogP contribution in [0.15, 0.2) is 42.5 Å². The molecule has 6 nitrogen and oxygen atoms in total. The van der Waals surface area contributed by atoms with E-state index in [1.54, 1.807) is 0 Å². The maximum absolute atomic E-state index is 13.3. The number of anilines is 1. The molecule has 1 atom stereocenters. The van der Waals surface area contributed by atoms with Crippen LogP contribution in [0.5, 0.6) is 5.75 Å². The van der Waals surface area contributed by atoms with Crippen LogP contribution in [0, 0.1) is 12.8 Å². The molecule has 164 valence electrons. The quantitative estimate of drug-likeness (QED) is 0.768. The van der Waals surface area contributed by atoms with Gasteiger partial charge in [0.2, 0.25) is 5.91 Å². The molecule has 0 bridgehead atoms. The molecule has 3 amide bonds. The second-order valence-corrected chi connectivity index (χ2v) is 8.83. The number of piperidine rings is 1. The number of hydrogen-bond acceptors (Lipinski definition) is 3. The first-order chi connectivity index (χ1) is 14.9. The Hall–Kier alpha value is -2.73. The van der Waals surface area contributed by atoms with Crippen LogP contribution in [0.2, 0.25) is 5.02 Å². The zero-order valence-electron chi connectivity index (χ0n) is 17.9. The Morgan fingerprint density at radius 3 is 2.55 bits per heavy atom. The van der Waals surface area contributed by atoms with Crippen molar-refractivity contribution >= 4 is 29.2 Å². The second kappa shape index (κ2) is 9.18. The number of nitrogens with zero attached hydrogens (tertiary/aromatic N) is 2. The Bertz CT molecular complexity index is 955. The number of likely N-dealkylation sites (tertiary alicyclic amines) is 1. The Labute approximate surface area is 188 Å². The van der Waals surface area contributed by atoms with Gasteiger partial charge in [-0.1, -0.05) is 29.8 Å². The summed E-state index contributed by atoms with van der Waals surface area (Å²) in [6.45, 7) is 6.14. The molecule has 31 heavy (non-hydrogen) atoms. The van der Waals surface area contributed by atoms with Crippen LogP contribution >= 0.6 is 11.6 Å². The number of carbonyl (C=O) groups is 2. The number of nitrogens with one attached hydrogen (secondary N) is 1. The average Bonchev–Trinajstić information content (AvgIpc) is 2.78. The van der Waals surface area contributed by atoms with Gasteiger partial charge in [0, 0.05) is 30.6 Å². The molecule has 2 aromatic rings. The number of urea groups is 1. The monoisotopic (exact) mass is 441 g/mol. The summed E-state index contributed by atoms with van der Waals surface area (Å²) >= 11 is 5.91. The molecule has 1 fully saturated rings. The highest BCUT2D eigenvalue weighted by Crippen LogP contribution is 2.35. The maximum Gasteiger partial charge on any atom is 0.324 e. The Balaban J connectivity index is 1.33. The van der Waals surface area contributed by atoms with E-state index in [0.717, 1.165) is 22.6 Å². The molecule has 2 aliphatic heterocycles. The van der Waals surface area contributed by atoms with Gasteiger partial charge in [0.1, 0.15) is 11.9 Å². The van der Waals surface area contributed by atoms with E-state index in [4.69, 9.17) is 16.3 Å². The lowest BCUT2D eigenvalue weighted by Gasteiger charge is -2.39. The standard InChI is InChI=1S/C24H28ClN3O3/c1-16-3-8-22-21(13-16)28(15-17(2)31-22)24(30)27-11-9-19(10-12-27)23(29)26-14-18-4-6-20(25)7-5-18/h3-8,13,17,19H,9-12,14-15H2,1-2H3,(H,26,29). The molecular weight excluding hydrogens is 414 g/mol. The minimum absolute atomic E-state index is 0.0120. The summed E-state index contributed by atoms with van der Waals surface area (Å²) in [6, 6.07) is 13.4. The Morgan fingerprint density at radius 1 is 1.13 bits per heavy atom. The zero-order valence-corrected chi connectivity index (χ0v) is 18.7. The molecule has 0 radical (unpaired) electrons. The summed E-state index contributed by atoms with van der Waals surface area (Å²) in [5, 5.41) is 3.69. The van der Waals surface area contributed by atoms with E-state index in [2.05, 4.69) is 5.32 Å². The van der Waals surface area contributed by atoms with E-state index in [1.165, 1.54) is 0 Å². The van der Waals surface area contributed by atoms with E-state index in [1.807, 2.05) is 66.1 Å². The van der Waals surface area contributed by atoms with Crippen molar-refractivity contribution in [1.82, 2.24) is 10.2 Å². The summed E-state index contributed by atoms with van der Waals surface area (Å²) in [5.41, 5.74) is 2.93. The third kappa shape index (κ3) is 4.96. The number of halogens is 1. The summed E-state index contributed by atoms with van der Waals surface area (Å²) in [6.07, 6.45) is 1.27. The van der Waals surface area contributed by atoms with Crippen LogP contribution in [0.4, 0.5) is 10.5 Å². The SMILES string of the molecule is Cc1ccc2c(c1)N(C(=O)N1CCC(C(=O)NCc3ccc(Cl)cc3)CC1)CC(C)O2. The van der Waals surface area contributed by atoms with Gasteiger partial charge in [-0.15, -0.1) is 0 Å². The molecule has 4 rings (SSSR count). The summed E-state index contributed by atoms with van der Waals surface area (Å²) in [4.78, 5) is 29.5. The normalized spacial score (nSPS) is 18.9. The van der Waals surface area contributed by atoms with Crippen molar-refractivity contribution in [3.8, 4) is 5.75 Å². The van der Waals surface area contributed by atoms with Crippen LogP contribution in [-0.2, 0) is 11.3 Å². The van der Waals surface area contributed by atoms with Gasteiger partial charge in [-0.25, -0.2) is 4.79 Å². The third-order valence-corrected chi connectivity index (χ3v) is 6.17. The molecule has 2 aliphatic rings. The molecule has 0 aromatic heterocycles. The van der Waals surface area contributed by atoms with Gasteiger partial charge >= 0.3 is 6.03 Å². The fourth-order valence-corrected chi connectivity index (χ4v) is 4.29. The van der Waals surface area contributed by atoms with Crippen molar-refractivity contribution < 1.29 is 14.3 Å². The summed E-state index contributed by atoms with van der Waals surface area (Å²) < 4.78 is 5.90. The van der Waals surface area contributed by atoms with Crippen LogP contribution in [-0.4, -0.2) is 42.6 Å².